The first-order valence-corrected chi connectivity index (χ1v) is 6.35. The zero-order chi connectivity index (χ0) is 12.3. The molecule has 0 amide bonds. The van der Waals surface area contributed by atoms with Gasteiger partial charge in [0.2, 0.25) is 0 Å². The molecule has 17 heavy (non-hydrogen) atoms. The van der Waals surface area contributed by atoms with Crippen LogP contribution in [0.2, 0.25) is 0 Å². The van der Waals surface area contributed by atoms with E-state index in [4.69, 9.17) is 10.2 Å². The molecule has 0 saturated carbocycles. The van der Waals surface area contributed by atoms with E-state index in [0.717, 1.165) is 37.2 Å². The summed E-state index contributed by atoms with van der Waals surface area (Å²) in [5.41, 5.74) is 5.53. The summed E-state index contributed by atoms with van der Waals surface area (Å²) in [5, 5.41) is 0. The lowest BCUT2D eigenvalue weighted by Crippen LogP contribution is -2.41. The molecule has 0 unspecified atom stereocenters. The van der Waals surface area contributed by atoms with E-state index in [-0.39, 0.29) is 0 Å². The summed E-state index contributed by atoms with van der Waals surface area (Å²) in [7, 11) is 4.33. The molecular weight excluding hydrogens is 214 g/mol. The third-order valence-electron chi connectivity index (χ3n) is 3.59. The van der Waals surface area contributed by atoms with E-state index in [1.165, 1.54) is 12.8 Å². The first kappa shape index (κ1) is 12.6. The molecule has 4 heteroatoms. The van der Waals surface area contributed by atoms with Crippen molar-refractivity contribution in [2.24, 2.45) is 5.73 Å². The van der Waals surface area contributed by atoms with Gasteiger partial charge in [-0.15, -0.1) is 0 Å². The number of rotatable bonds is 4. The fourth-order valence-corrected chi connectivity index (χ4v) is 2.43. The van der Waals surface area contributed by atoms with Crippen LogP contribution in [0, 0.1) is 0 Å². The zero-order valence-corrected chi connectivity index (χ0v) is 10.9. The summed E-state index contributed by atoms with van der Waals surface area (Å²) >= 11 is 0. The van der Waals surface area contributed by atoms with Crippen LogP contribution in [0.15, 0.2) is 16.5 Å². The molecule has 1 aliphatic rings. The van der Waals surface area contributed by atoms with E-state index in [2.05, 4.69) is 23.9 Å². The Morgan fingerprint density at radius 1 is 1.29 bits per heavy atom. The number of hydrogen-bond acceptors (Lipinski definition) is 4. The molecule has 0 spiro atoms. The van der Waals surface area contributed by atoms with Gasteiger partial charge in [0.25, 0.3) is 0 Å². The van der Waals surface area contributed by atoms with Crippen LogP contribution in [-0.2, 0) is 13.1 Å². The predicted octanol–water partition coefficient (Wildman–Crippen LogP) is 1.26. The Morgan fingerprint density at radius 2 is 1.94 bits per heavy atom. The second-order valence-electron chi connectivity index (χ2n) is 5.04. The molecular formula is C13H23N3O. The molecule has 2 N–H and O–H groups in total. The average molecular weight is 237 g/mol. The van der Waals surface area contributed by atoms with Gasteiger partial charge in [-0.3, -0.25) is 4.90 Å². The van der Waals surface area contributed by atoms with E-state index in [9.17, 15) is 0 Å². The molecule has 1 aromatic rings. The SMILES string of the molecule is CN(C)C1CCN(Cc2ccc(CN)o2)CC1. The first-order chi connectivity index (χ1) is 8.19. The quantitative estimate of drug-likeness (QED) is 0.856. The van der Waals surface area contributed by atoms with Crippen LogP contribution in [0.25, 0.3) is 0 Å². The number of nitrogens with zero attached hydrogens (tertiary/aromatic N) is 2. The molecule has 0 radical (unpaired) electrons. The van der Waals surface area contributed by atoms with Crippen LogP contribution >= 0.6 is 0 Å². The van der Waals surface area contributed by atoms with Crippen molar-refractivity contribution >= 4 is 0 Å². The largest absolute Gasteiger partial charge is 0.463 e. The molecule has 0 aromatic carbocycles. The highest BCUT2D eigenvalue weighted by Crippen LogP contribution is 2.17. The van der Waals surface area contributed by atoms with Gasteiger partial charge in [0.05, 0.1) is 13.1 Å². The summed E-state index contributed by atoms with van der Waals surface area (Å²) in [6.07, 6.45) is 2.49. The Balaban J connectivity index is 1.81. The van der Waals surface area contributed by atoms with Gasteiger partial charge in [0.15, 0.2) is 0 Å². The Labute approximate surface area is 103 Å². The van der Waals surface area contributed by atoms with Gasteiger partial charge >= 0.3 is 0 Å². The molecule has 1 aromatic heterocycles. The van der Waals surface area contributed by atoms with Crippen LogP contribution in [0.1, 0.15) is 24.4 Å². The van der Waals surface area contributed by atoms with E-state index < -0.39 is 0 Å². The van der Waals surface area contributed by atoms with Crippen LogP contribution in [0.4, 0.5) is 0 Å². The standard InChI is InChI=1S/C13H23N3O/c1-15(2)11-5-7-16(8-6-11)10-13-4-3-12(9-14)17-13/h3-4,11H,5-10,14H2,1-2H3. The van der Waals surface area contributed by atoms with Gasteiger partial charge in [-0.05, 0) is 39.1 Å². The average Bonchev–Trinajstić information content (AvgIpc) is 2.77. The van der Waals surface area contributed by atoms with Crippen molar-refractivity contribution < 1.29 is 4.42 Å². The van der Waals surface area contributed by atoms with Crippen molar-refractivity contribution in [3.05, 3.63) is 23.7 Å². The second-order valence-corrected chi connectivity index (χ2v) is 5.04. The van der Waals surface area contributed by atoms with Crippen molar-refractivity contribution in [1.29, 1.82) is 0 Å². The molecule has 1 fully saturated rings. The number of likely N-dealkylation sites (tertiary alicyclic amines) is 1. The van der Waals surface area contributed by atoms with Crippen molar-refractivity contribution in [2.75, 3.05) is 27.2 Å². The minimum atomic E-state index is 0.489. The first-order valence-electron chi connectivity index (χ1n) is 6.35. The van der Waals surface area contributed by atoms with E-state index >= 15 is 0 Å². The second kappa shape index (κ2) is 5.67. The maximum atomic E-state index is 5.63. The highest BCUT2D eigenvalue weighted by Gasteiger charge is 2.21. The van der Waals surface area contributed by atoms with Gasteiger partial charge in [-0.1, -0.05) is 0 Å². The molecule has 2 rings (SSSR count). The fraction of sp³-hybridized carbons (Fsp3) is 0.692. The van der Waals surface area contributed by atoms with Crippen LogP contribution in [-0.4, -0.2) is 43.0 Å². The minimum absolute atomic E-state index is 0.489. The van der Waals surface area contributed by atoms with Crippen LogP contribution in [0.5, 0.6) is 0 Å². The lowest BCUT2D eigenvalue weighted by atomic mass is 10.0. The summed E-state index contributed by atoms with van der Waals surface area (Å²) in [6, 6.07) is 4.75. The van der Waals surface area contributed by atoms with Crippen molar-refractivity contribution in [3.8, 4) is 0 Å². The molecule has 0 bridgehead atoms. The Morgan fingerprint density at radius 3 is 2.47 bits per heavy atom. The van der Waals surface area contributed by atoms with E-state index in [0.29, 0.717) is 6.54 Å². The molecule has 1 saturated heterocycles. The topological polar surface area (TPSA) is 45.6 Å². The number of piperidine rings is 1. The number of furan rings is 1. The minimum Gasteiger partial charge on any atom is -0.463 e. The third-order valence-corrected chi connectivity index (χ3v) is 3.59. The highest BCUT2D eigenvalue weighted by molar-refractivity contribution is 5.06. The smallest absolute Gasteiger partial charge is 0.118 e. The maximum Gasteiger partial charge on any atom is 0.118 e. The van der Waals surface area contributed by atoms with Gasteiger partial charge in [0, 0.05) is 19.1 Å². The third kappa shape index (κ3) is 3.31. The van der Waals surface area contributed by atoms with Crippen molar-refractivity contribution in [1.82, 2.24) is 9.80 Å². The number of hydrogen-bond donors (Lipinski definition) is 1. The van der Waals surface area contributed by atoms with Crippen molar-refractivity contribution in [2.45, 2.75) is 32.0 Å². The van der Waals surface area contributed by atoms with E-state index in [1.54, 1.807) is 0 Å². The van der Waals surface area contributed by atoms with Crippen molar-refractivity contribution in [3.63, 3.8) is 0 Å². The summed E-state index contributed by atoms with van der Waals surface area (Å²) < 4.78 is 5.63. The lowest BCUT2D eigenvalue weighted by Gasteiger charge is -2.34. The predicted molar refractivity (Wildman–Crippen MR) is 68.6 cm³/mol. The van der Waals surface area contributed by atoms with Crippen LogP contribution < -0.4 is 5.73 Å². The van der Waals surface area contributed by atoms with Gasteiger partial charge in [-0.25, -0.2) is 0 Å². The highest BCUT2D eigenvalue weighted by atomic mass is 16.3. The molecule has 4 nitrogen and oxygen atoms in total. The monoisotopic (exact) mass is 237 g/mol. The lowest BCUT2D eigenvalue weighted by molar-refractivity contribution is 0.133. The van der Waals surface area contributed by atoms with Crippen LogP contribution in [0.3, 0.4) is 0 Å². The zero-order valence-electron chi connectivity index (χ0n) is 10.9. The Bertz CT molecular complexity index is 340. The molecule has 1 aliphatic heterocycles. The summed E-state index contributed by atoms with van der Waals surface area (Å²) in [4.78, 5) is 4.79. The molecule has 0 aliphatic carbocycles. The fourth-order valence-electron chi connectivity index (χ4n) is 2.43. The number of nitrogens with two attached hydrogens (primary N) is 1. The Hall–Kier alpha value is -0.840. The normalized spacial score (nSPS) is 19.1. The molecule has 96 valence electrons. The molecule has 2 heterocycles. The van der Waals surface area contributed by atoms with Gasteiger partial charge in [-0.2, -0.15) is 0 Å². The summed E-state index contributed by atoms with van der Waals surface area (Å²) in [6.45, 7) is 3.71. The van der Waals surface area contributed by atoms with E-state index in [1.807, 2.05) is 12.1 Å². The molecule has 0 atom stereocenters. The summed E-state index contributed by atoms with van der Waals surface area (Å²) in [5.74, 6) is 1.91. The van der Waals surface area contributed by atoms with Gasteiger partial charge < -0.3 is 15.1 Å². The Kier molecular flexibility index (Phi) is 4.20. The maximum absolute atomic E-state index is 5.63. The van der Waals surface area contributed by atoms with Gasteiger partial charge in [0.1, 0.15) is 11.5 Å².